The van der Waals surface area contributed by atoms with Crippen molar-refractivity contribution in [2.45, 2.75) is 6.42 Å². The summed E-state index contributed by atoms with van der Waals surface area (Å²) in [6.45, 7) is -0.0571. The summed E-state index contributed by atoms with van der Waals surface area (Å²) in [6, 6.07) is 4.10. The topological polar surface area (TPSA) is 98.0 Å². The Bertz CT molecular complexity index is 768. The van der Waals surface area contributed by atoms with E-state index in [1.54, 1.807) is 6.07 Å². The van der Waals surface area contributed by atoms with Crippen LogP contribution < -0.4 is 11.0 Å². The van der Waals surface area contributed by atoms with Gasteiger partial charge in [-0.25, -0.2) is 9.18 Å². The van der Waals surface area contributed by atoms with Gasteiger partial charge in [0.15, 0.2) is 0 Å². The van der Waals surface area contributed by atoms with Gasteiger partial charge in [0.2, 0.25) is 0 Å². The molecule has 0 aliphatic heterocycles. The van der Waals surface area contributed by atoms with Crippen LogP contribution in [-0.4, -0.2) is 27.6 Å². The van der Waals surface area contributed by atoms with E-state index in [0.29, 0.717) is 12.0 Å². The van der Waals surface area contributed by atoms with Gasteiger partial charge in [-0.3, -0.25) is 4.79 Å². The Hall–Kier alpha value is -2.85. The summed E-state index contributed by atoms with van der Waals surface area (Å²) in [4.78, 5) is 27.2. The van der Waals surface area contributed by atoms with Gasteiger partial charge in [0.25, 0.3) is 5.91 Å². The number of hydrogen-bond acceptors (Lipinski definition) is 3. The van der Waals surface area contributed by atoms with Crippen molar-refractivity contribution < 1.29 is 14.3 Å². The first kappa shape index (κ1) is 14.6. The number of imidazole rings is 1. The van der Waals surface area contributed by atoms with Crippen molar-refractivity contribution >= 4 is 11.6 Å². The zero-order valence-electron chi connectivity index (χ0n) is 10.9. The molecule has 2 rings (SSSR count). The van der Waals surface area contributed by atoms with Crippen molar-refractivity contribution in [2.75, 3.05) is 11.9 Å². The summed E-state index contributed by atoms with van der Waals surface area (Å²) >= 11 is 0. The molecular weight excluding hydrogens is 277 g/mol. The van der Waals surface area contributed by atoms with Crippen LogP contribution in [0, 0.1) is 17.7 Å². The van der Waals surface area contributed by atoms with E-state index in [4.69, 9.17) is 5.11 Å². The van der Waals surface area contributed by atoms with Crippen molar-refractivity contribution in [1.82, 2.24) is 9.97 Å². The molecule has 0 aliphatic rings. The Morgan fingerprint density at radius 1 is 1.43 bits per heavy atom. The van der Waals surface area contributed by atoms with Crippen LogP contribution in [0.4, 0.5) is 10.1 Å². The number of benzene rings is 1. The van der Waals surface area contributed by atoms with Crippen LogP contribution in [0.1, 0.15) is 22.5 Å². The molecule has 0 saturated heterocycles. The van der Waals surface area contributed by atoms with Gasteiger partial charge < -0.3 is 20.4 Å². The Labute approximate surface area is 119 Å². The number of anilines is 1. The number of aromatic nitrogens is 2. The Morgan fingerprint density at radius 3 is 2.86 bits per heavy atom. The lowest BCUT2D eigenvalue weighted by atomic mass is 10.2. The fraction of sp³-hybridized carbons (Fsp3) is 0.143. The first-order valence-electron chi connectivity index (χ1n) is 6.08. The van der Waals surface area contributed by atoms with Gasteiger partial charge in [0, 0.05) is 18.2 Å². The number of H-pyrrole nitrogens is 2. The van der Waals surface area contributed by atoms with E-state index in [1.807, 2.05) is 0 Å². The molecule has 21 heavy (non-hydrogen) atoms. The van der Waals surface area contributed by atoms with Crippen LogP contribution in [0.2, 0.25) is 0 Å². The van der Waals surface area contributed by atoms with E-state index in [2.05, 4.69) is 27.1 Å². The maximum absolute atomic E-state index is 13.8. The Balaban J connectivity index is 2.13. The van der Waals surface area contributed by atoms with E-state index in [0.717, 1.165) is 0 Å². The van der Waals surface area contributed by atoms with Crippen molar-refractivity contribution in [1.29, 1.82) is 0 Å². The summed E-state index contributed by atoms with van der Waals surface area (Å²) in [6.07, 6.45) is 1.51. The molecule has 0 atom stereocenters. The standard InChI is InChI=1S/C14H12FN3O3/c15-10-7-9(3-1-2-6-19)4-5-11(10)17-13(20)12-8-16-14(21)18-12/h4-5,7-8,19H,2,6H2,(H,17,20)(H2,16,18,21). The van der Waals surface area contributed by atoms with E-state index in [1.165, 1.54) is 18.3 Å². The number of aliphatic hydroxyl groups is 1. The molecule has 6 nitrogen and oxygen atoms in total. The molecule has 0 radical (unpaired) electrons. The molecule has 0 unspecified atom stereocenters. The normalized spacial score (nSPS) is 9.81. The highest BCUT2D eigenvalue weighted by Gasteiger charge is 2.11. The maximum Gasteiger partial charge on any atom is 0.323 e. The minimum Gasteiger partial charge on any atom is -0.395 e. The average Bonchev–Trinajstić information content (AvgIpc) is 2.89. The highest BCUT2D eigenvalue weighted by molar-refractivity contribution is 6.02. The fourth-order valence-electron chi connectivity index (χ4n) is 1.56. The largest absolute Gasteiger partial charge is 0.395 e. The third-order valence-corrected chi connectivity index (χ3v) is 2.53. The monoisotopic (exact) mass is 289 g/mol. The van der Waals surface area contributed by atoms with Crippen molar-refractivity contribution in [3.05, 3.63) is 52.0 Å². The molecule has 0 fully saturated rings. The molecule has 108 valence electrons. The van der Waals surface area contributed by atoms with Gasteiger partial charge in [-0.15, -0.1) is 0 Å². The third-order valence-electron chi connectivity index (χ3n) is 2.53. The van der Waals surface area contributed by atoms with Gasteiger partial charge in [0.1, 0.15) is 11.5 Å². The van der Waals surface area contributed by atoms with E-state index in [-0.39, 0.29) is 18.0 Å². The molecule has 2 aromatic rings. The Morgan fingerprint density at radius 2 is 2.24 bits per heavy atom. The van der Waals surface area contributed by atoms with E-state index >= 15 is 0 Å². The van der Waals surface area contributed by atoms with Gasteiger partial charge in [0.05, 0.1) is 12.3 Å². The van der Waals surface area contributed by atoms with Crippen molar-refractivity contribution in [2.24, 2.45) is 0 Å². The summed E-state index contributed by atoms with van der Waals surface area (Å²) < 4.78 is 13.8. The highest BCUT2D eigenvalue weighted by atomic mass is 19.1. The number of amides is 1. The van der Waals surface area contributed by atoms with Crippen molar-refractivity contribution in [3.63, 3.8) is 0 Å². The van der Waals surface area contributed by atoms with E-state index < -0.39 is 17.4 Å². The fourth-order valence-corrected chi connectivity index (χ4v) is 1.56. The number of nitrogens with one attached hydrogen (secondary N) is 3. The minimum atomic E-state index is -0.642. The van der Waals surface area contributed by atoms with Crippen LogP contribution in [-0.2, 0) is 0 Å². The second-order valence-electron chi connectivity index (χ2n) is 4.08. The molecule has 1 heterocycles. The third kappa shape index (κ3) is 3.81. The lowest BCUT2D eigenvalue weighted by molar-refractivity contribution is 0.102. The summed E-state index contributed by atoms with van der Waals surface area (Å²) in [5.41, 5.74) is -0.0925. The van der Waals surface area contributed by atoms with Crippen LogP contribution in [0.5, 0.6) is 0 Å². The van der Waals surface area contributed by atoms with Gasteiger partial charge >= 0.3 is 5.69 Å². The van der Waals surface area contributed by atoms with Crippen molar-refractivity contribution in [3.8, 4) is 11.8 Å². The smallest absolute Gasteiger partial charge is 0.323 e. The Kier molecular flexibility index (Phi) is 4.53. The summed E-state index contributed by atoms with van der Waals surface area (Å²) in [5.74, 6) is 4.08. The molecule has 1 aromatic carbocycles. The zero-order valence-corrected chi connectivity index (χ0v) is 10.9. The quantitative estimate of drug-likeness (QED) is 0.630. The number of aromatic amines is 2. The number of rotatable bonds is 3. The summed E-state index contributed by atoms with van der Waals surface area (Å²) in [7, 11) is 0. The molecule has 4 N–H and O–H groups in total. The van der Waals surface area contributed by atoms with E-state index in [9.17, 15) is 14.0 Å². The predicted octanol–water partition coefficient (Wildman–Crippen LogP) is 0.828. The SMILES string of the molecule is O=C(Nc1ccc(C#CCCO)cc1F)c1c[nH]c(=O)[nH]1. The molecule has 1 aromatic heterocycles. The number of carbonyl (C=O) groups is 1. The molecule has 0 spiro atoms. The molecule has 1 amide bonds. The zero-order chi connectivity index (χ0) is 15.2. The molecule has 0 aliphatic carbocycles. The van der Waals surface area contributed by atoms with Gasteiger partial charge in [-0.2, -0.15) is 0 Å². The van der Waals surface area contributed by atoms with Crippen LogP contribution in [0.25, 0.3) is 0 Å². The lowest BCUT2D eigenvalue weighted by Crippen LogP contribution is -2.15. The van der Waals surface area contributed by atoms with Gasteiger partial charge in [-0.1, -0.05) is 11.8 Å². The molecule has 0 bridgehead atoms. The lowest BCUT2D eigenvalue weighted by Gasteiger charge is -2.05. The van der Waals surface area contributed by atoms with Gasteiger partial charge in [-0.05, 0) is 18.2 Å². The highest BCUT2D eigenvalue weighted by Crippen LogP contribution is 2.16. The second-order valence-corrected chi connectivity index (χ2v) is 4.08. The number of aliphatic hydroxyl groups excluding tert-OH is 1. The number of halogens is 1. The van der Waals surface area contributed by atoms with Crippen LogP contribution >= 0.6 is 0 Å². The second kappa shape index (κ2) is 6.54. The average molecular weight is 289 g/mol. The summed E-state index contributed by atoms with van der Waals surface area (Å²) in [5, 5.41) is 10.9. The number of hydrogen-bond donors (Lipinski definition) is 4. The van der Waals surface area contributed by atoms with Crippen LogP contribution in [0.3, 0.4) is 0 Å². The van der Waals surface area contributed by atoms with Crippen LogP contribution in [0.15, 0.2) is 29.2 Å². The first-order valence-corrected chi connectivity index (χ1v) is 6.08. The predicted molar refractivity (Wildman–Crippen MR) is 74.3 cm³/mol. The molecule has 7 heteroatoms. The maximum atomic E-state index is 13.8. The first-order chi connectivity index (χ1) is 10.1. The number of carbonyl (C=O) groups excluding carboxylic acids is 1. The minimum absolute atomic E-state index is 0.00575. The molecular formula is C14H12FN3O3. The molecule has 0 saturated carbocycles.